The van der Waals surface area contributed by atoms with Crippen molar-refractivity contribution >= 4 is 11.9 Å². The molecule has 0 aromatic carbocycles. The van der Waals surface area contributed by atoms with Crippen molar-refractivity contribution in [3.63, 3.8) is 0 Å². The summed E-state index contributed by atoms with van der Waals surface area (Å²) in [6.45, 7) is 10.8. The van der Waals surface area contributed by atoms with Gasteiger partial charge in [-0.3, -0.25) is 4.79 Å². The summed E-state index contributed by atoms with van der Waals surface area (Å²) in [5.41, 5.74) is 5.22. The zero-order chi connectivity index (χ0) is 14.5. The molecule has 106 valence electrons. The smallest absolute Gasteiger partial charge is 0.328 e. The van der Waals surface area contributed by atoms with Gasteiger partial charge in [-0.2, -0.15) is 0 Å². The molecule has 18 heavy (non-hydrogen) atoms. The highest BCUT2D eigenvalue weighted by molar-refractivity contribution is 5.87. The standard InChI is InChI=1S/C13H26N2O3/c1-7-8(2)10(14)11(16)15-9(3)12(17)18-13(4,5)6/h8-10H,7,14H2,1-6H3,(H,15,16)/t8-,9-,10-/m0/s1. The highest BCUT2D eigenvalue weighted by atomic mass is 16.6. The van der Waals surface area contributed by atoms with Gasteiger partial charge in [-0.25, -0.2) is 4.79 Å². The van der Waals surface area contributed by atoms with Gasteiger partial charge in [-0.15, -0.1) is 0 Å². The van der Waals surface area contributed by atoms with E-state index in [0.29, 0.717) is 0 Å². The molecule has 0 rings (SSSR count). The first-order valence-corrected chi connectivity index (χ1v) is 6.37. The van der Waals surface area contributed by atoms with E-state index in [1.807, 2.05) is 13.8 Å². The average molecular weight is 258 g/mol. The first-order chi connectivity index (χ1) is 8.08. The fourth-order valence-electron chi connectivity index (χ4n) is 1.27. The summed E-state index contributed by atoms with van der Waals surface area (Å²) >= 11 is 0. The molecule has 0 spiro atoms. The van der Waals surface area contributed by atoms with Crippen LogP contribution in [0.2, 0.25) is 0 Å². The number of nitrogens with two attached hydrogens (primary N) is 1. The van der Waals surface area contributed by atoms with Gasteiger partial charge in [0.1, 0.15) is 11.6 Å². The lowest BCUT2D eigenvalue weighted by atomic mass is 9.99. The molecule has 0 radical (unpaired) electrons. The number of esters is 1. The van der Waals surface area contributed by atoms with Crippen molar-refractivity contribution in [1.29, 1.82) is 0 Å². The molecule has 0 aromatic rings. The Bertz CT molecular complexity index is 297. The van der Waals surface area contributed by atoms with Crippen molar-refractivity contribution in [2.45, 2.75) is 65.6 Å². The molecule has 0 aromatic heterocycles. The molecular formula is C13H26N2O3. The highest BCUT2D eigenvalue weighted by Gasteiger charge is 2.26. The Balaban J connectivity index is 4.35. The minimum absolute atomic E-state index is 0.0795. The van der Waals surface area contributed by atoms with Crippen LogP contribution in [0.1, 0.15) is 48.0 Å². The van der Waals surface area contributed by atoms with Crippen LogP contribution in [0.15, 0.2) is 0 Å². The summed E-state index contributed by atoms with van der Waals surface area (Å²) in [7, 11) is 0. The predicted octanol–water partition coefficient (Wildman–Crippen LogP) is 1.21. The van der Waals surface area contributed by atoms with Crippen molar-refractivity contribution in [2.24, 2.45) is 11.7 Å². The molecule has 0 bridgehead atoms. The summed E-state index contributed by atoms with van der Waals surface area (Å²) < 4.78 is 5.17. The summed E-state index contributed by atoms with van der Waals surface area (Å²) in [6.07, 6.45) is 0.815. The second kappa shape index (κ2) is 6.73. The van der Waals surface area contributed by atoms with Crippen LogP contribution in [0, 0.1) is 5.92 Å². The maximum absolute atomic E-state index is 11.8. The summed E-state index contributed by atoms with van der Waals surface area (Å²) in [5.74, 6) is -0.689. The van der Waals surface area contributed by atoms with E-state index in [2.05, 4.69) is 5.32 Å². The normalized spacial score (nSPS) is 16.6. The van der Waals surface area contributed by atoms with Gasteiger partial charge in [-0.05, 0) is 33.6 Å². The number of nitrogens with one attached hydrogen (secondary N) is 1. The lowest BCUT2D eigenvalue weighted by molar-refractivity contribution is -0.158. The summed E-state index contributed by atoms with van der Waals surface area (Å²) in [4.78, 5) is 23.5. The molecule has 0 unspecified atom stereocenters. The van der Waals surface area contributed by atoms with E-state index in [9.17, 15) is 9.59 Å². The van der Waals surface area contributed by atoms with E-state index in [4.69, 9.17) is 10.5 Å². The first kappa shape index (κ1) is 16.9. The molecule has 5 nitrogen and oxygen atoms in total. The molecule has 0 aliphatic carbocycles. The van der Waals surface area contributed by atoms with Crippen LogP contribution in [0.3, 0.4) is 0 Å². The quantitative estimate of drug-likeness (QED) is 0.726. The number of hydrogen-bond donors (Lipinski definition) is 2. The van der Waals surface area contributed by atoms with Crippen molar-refractivity contribution in [3.8, 4) is 0 Å². The van der Waals surface area contributed by atoms with E-state index < -0.39 is 23.7 Å². The van der Waals surface area contributed by atoms with Crippen LogP contribution in [-0.4, -0.2) is 29.6 Å². The second-order valence-electron chi connectivity index (χ2n) is 5.68. The van der Waals surface area contributed by atoms with Gasteiger partial charge in [0.15, 0.2) is 0 Å². The fourth-order valence-corrected chi connectivity index (χ4v) is 1.27. The first-order valence-electron chi connectivity index (χ1n) is 6.37. The highest BCUT2D eigenvalue weighted by Crippen LogP contribution is 2.09. The molecule has 1 amide bonds. The SMILES string of the molecule is CC[C@H](C)[C@H](N)C(=O)N[C@@H](C)C(=O)OC(C)(C)C. The third-order valence-electron chi connectivity index (χ3n) is 2.68. The minimum Gasteiger partial charge on any atom is -0.458 e. The lowest BCUT2D eigenvalue weighted by Gasteiger charge is -2.24. The molecule has 3 atom stereocenters. The van der Waals surface area contributed by atoms with E-state index in [0.717, 1.165) is 6.42 Å². The predicted molar refractivity (Wildman–Crippen MR) is 70.9 cm³/mol. The van der Waals surface area contributed by atoms with Gasteiger partial charge in [0.25, 0.3) is 0 Å². The van der Waals surface area contributed by atoms with Crippen LogP contribution < -0.4 is 11.1 Å². The number of ether oxygens (including phenoxy) is 1. The van der Waals surface area contributed by atoms with Crippen molar-refractivity contribution in [2.75, 3.05) is 0 Å². The molecule has 3 N–H and O–H groups in total. The average Bonchev–Trinajstić information content (AvgIpc) is 2.24. The lowest BCUT2D eigenvalue weighted by Crippen LogP contribution is -2.50. The Kier molecular flexibility index (Phi) is 6.32. The van der Waals surface area contributed by atoms with Gasteiger partial charge in [-0.1, -0.05) is 20.3 Å². The van der Waals surface area contributed by atoms with Gasteiger partial charge in [0.05, 0.1) is 6.04 Å². The third-order valence-corrected chi connectivity index (χ3v) is 2.68. The number of rotatable bonds is 5. The molecule has 0 fully saturated rings. The van der Waals surface area contributed by atoms with E-state index in [-0.39, 0.29) is 11.8 Å². The topological polar surface area (TPSA) is 81.4 Å². The van der Waals surface area contributed by atoms with Crippen molar-refractivity contribution in [3.05, 3.63) is 0 Å². The number of amides is 1. The Labute approximate surface area is 109 Å². The zero-order valence-corrected chi connectivity index (χ0v) is 12.2. The number of carbonyl (C=O) groups is 2. The van der Waals surface area contributed by atoms with Gasteiger partial charge < -0.3 is 15.8 Å². The second-order valence-corrected chi connectivity index (χ2v) is 5.68. The van der Waals surface area contributed by atoms with Gasteiger partial charge in [0.2, 0.25) is 5.91 Å². The Morgan fingerprint density at radius 1 is 1.28 bits per heavy atom. The fraction of sp³-hybridized carbons (Fsp3) is 0.846. The Hall–Kier alpha value is -1.10. The van der Waals surface area contributed by atoms with Crippen LogP contribution >= 0.6 is 0 Å². The van der Waals surface area contributed by atoms with E-state index in [1.54, 1.807) is 27.7 Å². The number of hydrogen-bond acceptors (Lipinski definition) is 4. The maximum Gasteiger partial charge on any atom is 0.328 e. The monoisotopic (exact) mass is 258 g/mol. The molecule has 5 heteroatoms. The van der Waals surface area contributed by atoms with E-state index >= 15 is 0 Å². The van der Waals surface area contributed by atoms with Crippen LogP contribution in [0.4, 0.5) is 0 Å². The molecule has 0 aliphatic rings. The van der Waals surface area contributed by atoms with Gasteiger partial charge >= 0.3 is 5.97 Å². The molecule has 0 saturated carbocycles. The minimum atomic E-state index is -0.688. The maximum atomic E-state index is 11.8. The van der Waals surface area contributed by atoms with E-state index in [1.165, 1.54) is 0 Å². The molecular weight excluding hydrogens is 232 g/mol. The summed E-state index contributed by atoms with van der Waals surface area (Å²) in [5, 5.41) is 2.58. The van der Waals surface area contributed by atoms with Gasteiger partial charge in [0, 0.05) is 0 Å². The molecule has 0 aliphatic heterocycles. The van der Waals surface area contributed by atoms with Crippen LogP contribution in [0.25, 0.3) is 0 Å². The Morgan fingerprint density at radius 3 is 2.17 bits per heavy atom. The molecule has 0 heterocycles. The third kappa shape index (κ3) is 6.00. The van der Waals surface area contributed by atoms with Crippen LogP contribution in [-0.2, 0) is 14.3 Å². The van der Waals surface area contributed by atoms with Crippen LogP contribution in [0.5, 0.6) is 0 Å². The van der Waals surface area contributed by atoms with Crippen molar-refractivity contribution < 1.29 is 14.3 Å². The summed E-state index contributed by atoms with van der Waals surface area (Å²) in [6, 6.07) is -1.29. The van der Waals surface area contributed by atoms with Crippen molar-refractivity contribution in [1.82, 2.24) is 5.32 Å². The zero-order valence-electron chi connectivity index (χ0n) is 12.2. The molecule has 0 saturated heterocycles. The number of carbonyl (C=O) groups excluding carboxylic acids is 2. The Morgan fingerprint density at radius 2 is 1.78 bits per heavy atom. The largest absolute Gasteiger partial charge is 0.458 e.